The number of benzene rings is 1. The second-order valence-electron chi connectivity index (χ2n) is 4.56. The van der Waals surface area contributed by atoms with Gasteiger partial charge in [0.05, 0.1) is 12.6 Å². The van der Waals surface area contributed by atoms with E-state index in [0.717, 1.165) is 5.56 Å². The molecule has 0 saturated heterocycles. The van der Waals surface area contributed by atoms with Gasteiger partial charge in [-0.25, -0.2) is 4.79 Å². The molecule has 1 saturated carbocycles. The van der Waals surface area contributed by atoms with E-state index in [9.17, 15) is 4.79 Å². The fourth-order valence-corrected chi connectivity index (χ4v) is 2.17. The van der Waals surface area contributed by atoms with Gasteiger partial charge in [0.2, 0.25) is 0 Å². The highest BCUT2D eigenvalue weighted by atomic mass is 16.5. The summed E-state index contributed by atoms with van der Waals surface area (Å²) in [5.74, 6) is 0.638. The lowest BCUT2D eigenvalue weighted by Gasteiger charge is -2.20. The molecule has 1 unspecified atom stereocenters. The Kier molecular flexibility index (Phi) is 4.20. The lowest BCUT2D eigenvalue weighted by Crippen LogP contribution is -2.34. The number of alkyl carbamates (subject to hydrolysis) is 1. The zero-order valence-electron chi connectivity index (χ0n) is 10.7. The van der Waals surface area contributed by atoms with Crippen LogP contribution in [-0.2, 0) is 4.74 Å². The van der Waals surface area contributed by atoms with Crippen LogP contribution >= 0.6 is 0 Å². The van der Waals surface area contributed by atoms with Crippen molar-refractivity contribution in [2.45, 2.75) is 31.7 Å². The molecule has 1 aliphatic carbocycles. The number of ether oxygens (including phenoxy) is 1. The summed E-state index contributed by atoms with van der Waals surface area (Å²) >= 11 is 0. The van der Waals surface area contributed by atoms with Crippen molar-refractivity contribution in [1.82, 2.24) is 5.32 Å². The van der Waals surface area contributed by atoms with Crippen LogP contribution in [0.15, 0.2) is 24.3 Å². The molecule has 0 aromatic heterocycles. The van der Waals surface area contributed by atoms with Crippen LogP contribution in [0, 0.1) is 0 Å². The number of hydrogen-bond acceptors (Lipinski definition) is 3. The zero-order valence-corrected chi connectivity index (χ0v) is 10.7. The summed E-state index contributed by atoms with van der Waals surface area (Å²) in [6, 6.07) is 8.02. The van der Waals surface area contributed by atoms with E-state index in [1.54, 1.807) is 6.92 Å². The molecule has 98 valence electrons. The van der Waals surface area contributed by atoms with Gasteiger partial charge in [0.15, 0.2) is 0 Å². The smallest absolute Gasteiger partial charge is 0.407 e. The van der Waals surface area contributed by atoms with Crippen LogP contribution in [0.25, 0.3) is 0 Å². The highest BCUT2D eigenvalue weighted by Crippen LogP contribution is 2.42. The normalized spacial score (nSPS) is 16.1. The molecule has 1 atom stereocenters. The topological polar surface area (TPSA) is 64.3 Å². The molecule has 18 heavy (non-hydrogen) atoms. The lowest BCUT2D eigenvalue weighted by atomic mass is 9.97. The Balaban J connectivity index is 2.13. The fraction of sp³-hybridized carbons (Fsp3) is 0.500. The first-order valence-electron chi connectivity index (χ1n) is 6.48. The minimum Gasteiger partial charge on any atom is -0.450 e. The number of nitrogens with two attached hydrogens (primary N) is 1. The van der Waals surface area contributed by atoms with Crippen molar-refractivity contribution >= 4 is 6.09 Å². The summed E-state index contributed by atoms with van der Waals surface area (Å²) in [7, 11) is 0. The van der Waals surface area contributed by atoms with E-state index >= 15 is 0 Å². The molecular formula is C14H20N2O2. The molecule has 0 heterocycles. The monoisotopic (exact) mass is 248 g/mol. The molecule has 0 bridgehead atoms. The van der Waals surface area contributed by atoms with Crippen molar-refractivity contribution in [3.63, 3.8) is 0 Å². The van der Waals surface area contributed by atoms with Crippen LogP contribution < -0.4 is 11.1 Å². The first-order chi connectivity index (χ1) is 8.76. The Morgan fingerprint density at radius 2 is 2.22 bits per heavy atom. The van der Waals surface area contributed by atoms with Crippen molar-refractivity contribution < 1.29 is 9.53 Å². The Morgan fingerprint density at radius 1 is 1.50 bits per heavy atom. The molecule has 3 N–H and O–H groups in total. The van der Waals surface area contributed by atoms with Crippen molar-refractivity contribution in [3.05, 3.63) is 35.4 Å². The van der Waals surface area contributed by atoms with Gasteiger partial charge in [-0.2, -0.15) is 0 Å². The molecule has 1 aliphatic rings. The molecule has 1 fully saturated rings. The number of carbonyl (C=O) groups excluding carboxylic acids is 1. The minimum atomic E-state index is -0.404. The third-order valence-corrected chi connectivity index (χ3v) is 3.19. The molecular weight excluding hydrogens is 228 g/mol. The van der Waals surface area contributed by atoms with Crippen LogP contribution in [0.3, 0.4) is 0 Å². The second kappa shape index (κ2) is 5.87. The average molecular weight is 248 g/mol. The Hall–Kier alpha value is -1.55. The third kappa shape index (κ3) is 3.01. The number of hydrogen-bond donors (Lipinski definition) is 2. The summed E-state index contributed by atoms with van der Waals surface area (Å²) in [6.07, 6.45) is 2.06. The Morgan fingerprint density at radius 3 is 2.83 bits per heavy atom. The Labute approximate surface area is 108 Å². The average Bonchev–Trinajstić information content (AvgIpc) is 3.20. The SMILES string of the molecule is CCOC(=O)NC(CN)c1ccccc1C1CC1. The van der Waals surface area contributed by atoms with E-state index in [1.807, 2.05) is 18.2 Å². The maximum Gasteiger partial charge on any atom is 0.407 e. The van der Waals surface area contributed by atoms with E-state index in [-0.39, 0.29) is 6.04 Å². The van der Waals surface area contributed by atoms with Crippen LogP contribution in [0.5, 0.6) is 0 Å². The maximum atomic E-state index is 11.5. The summed E-state index contributed by atoms with van der Waals surface area (Å²) in [5, 5.41) is 2.82. The van der Waals surface area contributed by atoms with E-state index in [2.05, 4.69) is 11.4 Å². The fourth-order valence-electron chi connectivity index (χ4n) is 2.17. The molecule has 4 heteroatoms. The van der Waals surface area contributed by atoms with Gasteiger partial charge in [0.25, 0.3) is 0 Å². The van der Waals surface area contributed by atoms with E-state index < -0.39 is 6.09 Å². The van der Waals surface area contributed by atoms with Crippen molar-refractivity contribution in [2.24, 2.45) is 5.73 Å². The number of amides is 1. The first kappa shape index (κ1) is 12.9. The molecule has 0 aliphatic heterocycles. The third-order valence-electron chi connectivity index (χ3n) is 3.19. The standard InChI is InChI=1S/C14H20N2O2/c1-2-18-14(17)16-13(9-15)12-6-4-3-5-11(12)10-7-8-10/h3-6,10,13H,2,7-9,15H2,1H3,(H,16,17). The van der Waals surface area contributed by atoms with Crippen LogP contribution in [0.1, 0.15) is 42.9 Å². The lowest BCUT2D eigenvalue weighted by molar-refractivity contribution is 0.148. The van der Waals surface area contributed by atoms with Crippen LogP contribution in [-0.4, -0.2) is 19.2 Å². The van der Waals surface area contributed by atoms with Crippen molar-refractivity contribution in [2.75, 3.05) is 13.2 Å². The molecule has 2 rings (SSSR count). The summed E-state index contributed by atoms with van der Waals surface area (Å²) in [6.45, 7) is 2.53. The quantitative estimate of drug-likeness (QED) is 0.840. The van der Waals surface area contributed by atoms with Gasteiger partial charge in [-0.15, -0.1) is 0 Å². The zero-order chi connectivity index (χ0) is 13.0. The number of rotatable bonds is 5. The summed E-state index contributed by atoms with van der Waals surface area (Å²) in [5.41, 5.74) is 8.20. The predicted molar refractivity (Wildman–Crippen MR) is 70.4 cm³/mol. The molecule has 0 spiro atoms. The molecule has 1 amide bonds. The van der Waals surface area contributed by atoms with Gasteiger partial charge < -0.3 is 15.8 Å². The van der Waals surface area contributed by atoms with Crippen molar-refractivity contribution in [3.8, 4) is 0 Å². The molecule has 4 nitrogen and oxygen atoms in total. The number of nitrogens with one attached hydrogen (secondary N) is 1. The van der Waals surface area contributed by atoms with E-state index in [0.29, 0.717) is 19.1 Å². The maximum absolute atomic E-state index is 11.5. The highest BCUT2D eigenvalue weighted by Gasteiger charge is 2.28. The van der Waals surface area contributed by atoms with Gasteiger partial charge >= 0.3 is 6.09 Å². The largest absolute Gasteiger partial charge is 0.450 e. The highest BCUT2D eigenvalue weighted by molar-refractivity contribution is 5.68. The molecule has 1 aromatic carbocycles. The van der Waals surface area contributed by atoms with Gasteiger partial charge in [0.1, 0.15) is 0 Å². The summed E-state index contributed by atoms with van der Waals surface area (Å²) in [4.78, 5) is 11.5. The molecule has 0 radical (unpaired) electrons. The van der Waals surface area contributed by atoms with Gasteiger partial charge in [-0.05, 0) is 36.8 Å². The van der Waals surface area contributed by atoms with Gasteiger partial charge in [-0.1, -0.05) is 24.3 Å². The van der Waals surface area contributed by atoms with Crippen LogP contribution in [0.4, 0.5) is 4.79 Å². The van der Waals surface area contributed by atoms with E-state index in [1.165, 1.54) is 18.4 Å². The summed E-state index contributed by atoms with van der Waals surface area (Å²) < 4.78 is 4.91. The first-order valence-corrected chi connectivity index (χ1v) is 6.48. The predicted octanol–water partition coefficient (Wildman–Crippen LogP) is 2.31. The number of carbonyl (C=O) groups is 1. The van der Waals surface area contributed by atoms with Crippen molar-refractivity contribution in [1.29, 1.82) is 0 Å². The van der Waals surface area contributed by atoms with E-state index in [4.69, 9.17) is 10.5 Å². The van der Waals surface area contributed by atoms with Gasteiger partial charge in [0, 0.05) is 6.54 Å². The van der Waals surface area contributed by atoms with Gasteiger partial charge in [-0.3, -0.25) is 0 Å². The second-order valence-corrected chi connectivity index (χ2v) is 4.56. The van der Waals surface area contributed by atoms with Crippen LogP contribution in [0.2, 0.25) is 0 Å². The minimum absolute atomic E-state index is 0.166. The Bertz CT molecular complexity index is 416. The molecule has 1 aromatic rings.